The smallest absolute Gasteiger partial charge is 0.319 e. The molecule has 6 heteroatoms. The number of hydrogen-bond acceptors (Lipinski definition) is 3. The number of benzene rings is 2. The molecule has 4 aromatic rings. The summed E-state index contributed by atoms with van der Waals surface area (Å²) in [4.78, 5) is 16.3. The van der Waals surface area contributed by atoms with Crippen molar-refractivity contribution in [3.05, 3.63) is 108 Å². The Morgan fingerprint density at radius 3 is 2.56 bits per heavy atom. The summed E-state index contributed by atoms with van der Waals surface area (Å²) in [5, 5.41) is 5.64. The first-order chi connectivity index (χ1) is 15.7. The number of carbonyl (C=O) groups is 1. The van der Waals surface area contributed by atoms with E-state index in [0.717, 1.165) is 22.5 Å². The van der Waals surface area contributed by atoms with Crippen molar-refractivity contribution in [2.24, 2.45) is 0 Å². The fourth-order valence-corrected chi connectivity index (χ4v) is 3.11. The van der Waals surface area contributed by atoms with Gasteiger partial charge in [0.15, 0.2) is 0 Å². The molecule has 2 amide bonds. The first kappa shape index (κ1) is 20.9. The van der Waals surface area contributed by atoms with Crippen LogP contribution in [-0.2, 0) is 6.42 Å². The predicted molar refractivity (Wildman–Crippen MR) is 121 cm³/mol. The second kappa shape index (κ2) is 10.1. The van der Waals surface area contributed by atoms with Gasteiger partial charge >= 0.3 is 6.03 Å². The molecule has 0 unspecified atom stereocenters. The van der Waals surface area contributed by atoms with Gasteiger partial charge in [0, 0.05) is 42.2 Å². The molecule has 4 rings (SSSR count). The number of amides is 2. The zero-order chi connectivity index (χ0) is 22.2. The molecule has 0 atom stereocenters. The zero-order valence-corrected chi connectivity index (χ0v) is 17.1. The van der Waals surface area contributed by atoms with E-state index in [0.29, 0.717) is 24.2 Å². The fraction of sp³-hybridized carbons (Fsp3) is 0.0769. The monoisotopic (exact) mass is 425 g/mol. The molecule has 5 nitrogen and oxygen atoms in total. The lowest BCUT2D eigenvalue weighted by Gasteiger charge is -2.10. The van der Waals surface area contributed by atoms with E-state index in [1.54, 1.807) is 30.8 Å². The Hall–Kier alpha value is -4.37. The van der Waals surface area contributed by atoms with Crippen molar-refractivity contribution in [2.45, 2.75) is 6.42 Å². The van der Waals surface area contributed by atoms with Gasteiger partial charge < -0.3 is 15.1 Å². The Balaban J connectivity index is 1.53. The highest BCUT2D eigenvalue weighted by Gasteiger charge is 2.08. The van der Waals surface area contributed by atoms with E-state index < -0.39 is 0 Å². The maximum atomic E-state index is 13.2. The van der Waals surface area contributed by atoms with E-state index in [4.69, 9.17) is 4.42 Å². The van der Waals surface area contributed by atoms with Crippen LogP contribution in [0, 0.1) is 17.7 Å². The highest BCUT2D eigenvalue weighted by atomic mass is 19.1. The normalized spacial score (nSPS) is 10.2. The third-order valence-electron chi connectivity index (χ3n) is 4.69. The van der Waals surface area contributed by atoms with Gasteiger partial charge in [-0.3, -0.25) is 4.98 Å². The van der Waals surface area contributed by atoms with Crippen LogP contribution in [0.5, 0.6) is 0 Å². The first-order valence-corrected chi connectivity index (χ1v) is 10.1. The highest BCUT2D eigenvalue weighted by Crippen LogP contribution is 2.25. The molecule has 0 radical (unpaired) electrons. The van der Waals surface area contributed by atoms with Crippen molar-refractivity contribution >= 4 is 11.7 Å². The predicted octanol–water partition coefficient (Wildman–Crippen LogP) is 5.24. The number of pyridine rings is 1. The number of aromatic nitrogens is 1. The minimum Gasteiger partial charge on any atom is -0.469 e. The topological polar surface area (TPSA) is 67.2 Å². The third kappa shape index (κ3) is 5.61. The Morgan fingerprint density at radius 1 is 1.00 bits per heavy atom. The lowest BCUT2D eigenvalue weighted by atomic mass is 10.00. The average molecular weight is 425 g/mol. The molecule has 0 saturated carbocycles. The Kier molecular flexibility index (Phi) is 6.59. The van der Waals surface area contributed by atoms with Crippen LogP contribution >= 0.6 is 0 Å². The van der Waals surface area contributed by atoms with Gasteiger partial charge in [-0.25, -0.2) is 9.18 Å². The molecule has 0 bridgehead atoms. The summed E-state index contributed by atoms with van der Waals surface area (Å²) in [7, 11) is 0. The quantitative estimate of drug-likeness (QED) is 0.430. The van der Waals surface area contributed by atoms with E-state index in [-0.39, 0.29) is 11.8 Å². The summed E-state index contributed by atoms with van der Waals surface area (Å²) in [6.07, 6.45) is 5.64. The maximum absolute atomic E-state index is 13.2. The van der Waals surface area contributed by atoms with E-state index in [1.807, 2.05) is 42.5 Å². The van der Waals surface area contributed by atoms with Crippen LogP contribution in [0.2, 0.25) is 0 Å². The molecule has 0 saturated heterocycles. The molecule has 0 aliphatic heterocycles. The molecule has 0 spiro atoms. The second-order valence-electron chi connectivity index (χ2n) is 6.96. The van der Waals surface area contributed by atoms with Gasteiger partial charge in [-0.15, -0.1) is 0 Å². The van der Waals surface area contributed by atoms with Crippen molar-refractivity contribution in [1.82, 2.24) is 10.3 Å². The van der Waals surface area contributed by atoms with Crippen molar-refractivity contribution in [2.75, 3.05) is 11.9 Å². The van der Waals surface area contributed by atoms with Gasteiger partial charge in [0.05, 0.1) is 6.26 Å². The maximum Gasteiger partial charge on any atom is 0.319 e. The largest absolute Gasteiger partial charge is 0.469 e. The van der Waals surface area contributed by atoms with Crippen molar-refractivity contribution in [1.29, 1.82) is 0 Å². The van der Waals surface area contributed by atoms with Crippen LogP contribution in [0.15, 0.2) is 89.8 Å². The SMILES string of the molecule is O=C(NCCc1ccco1)Nc1ccc(-c2ccncc2)c(C#Cc2ccc(F)cc2)c1. The average Bonchev–Trinajstić information content (AvgIpc) is 3.33. The fourth-order valence-electron chi connectivity index (χ4n) is 3.11. The minimum atomic E-state index is -0.314. The van der Waals surface area contributed by atoms with Crippen LogP contribution in [-0.4, -0.2) is 17.6 Å². The molecule has 0 fully saturated rings. The van der Waals surface area contributed by atoms with Crippen LogP contribution in [0.3, 0.4) is 0 Å². The van der Waals surface area contributed by atoms with E-state index in [2.05, 4.69) is 27.5 Å². The number of rotatable bonds is 5. The van der Waals surface area contributed by atoms with Crippen LogP contribution in [0.4, 0.5) is 14.9 Å². The van der Waals surface area contributed by atoms with Gasteiger partial charge in [0.2, 0.25) is 0 Å². The van der Waals surface area contributed by atoms with Crippen LogP contribution < -0.4 is 10.6 Å². The number of anilines is 1. The molecular formula is C26H20FN3O2. The number of furan rings is 1. The molecular weight excluding hydrogens is 405 g/mol. The number of nitrogens with one attached hydrogen (secondary N) is 2. The van der Waals surface area contributed by atoms with Gasteiger partial charge in [-0.2, -0.15) is 0 Å². The summed E-state index contributed by atoms with van der Waals surface area (Å²) >= 11 is 0. The number of hydrogen-bond donors (Lipinski definition) is 2. The van der Waals surface area contributed by atoms with Crippen LogP contribution in [0.25, 0.3) is 11.1 Å². The van der Waals surface area contributed by atoms with E-state index >= 15 is 0 Å². The Morgan fingerprint density at radius 2 is 1.81 bits per heavy atom. The standard InChI is InChI=1S/C26H20FN3O2/c27-22-7-4-19(5-8-22)3-6-21-18-23(9-10-25(21)20-11-14-28-15-12-20)30-26(31)29-16-13-24-2-1-17-32-24/h1-2,4-5,7-12,14-15,17-18H,13,16H2,(H2,29,30,31). The van der Waals surface area contributed by atoms with Gasteiger partial charge in [-0.05, 0) is 71.8 Å². The molecule has 2 N–H and O–H groups in total. The second-order valence-corrected chi connectivity index (χ2v) is 6.96. The van der Waals surface area contributed by atoms with Gasteiger partial charge in [0.25, 0.3) is 0 Å². The Labute approximate surface area is 185 Å². The molecule has 158 valence electrons. The van der Waals surface area contributed by atoms with Gasteiger partial charge in [-0.1, -0.05) is 17.9 Å². The molecule has 2 aromatic carbocycles. The molecule has 32 heavy (non-hydrogen) atoms. The van der Waals surface area contributed by atoms with E-state index in [9.17, 15) is 9.18 Å². The Bertz CT molecular complexity index is 1240. The minimum absolute atomic E-state index is 0.308. The van der Waals surface area contributed by atoms with Crippen molar-refractivity contribution in [3.8, 4) is 23.0 Å². The summed E-state index contributed by atoms with van der Waals surface area (Å²) < 4.78 is 18.4. The zero-order valence-electron chi connectivity index (χ0n) is 17.1. The third-order valence-corrected chi connectivity index (χ3v) is 4.69. The number of halogens is 1. The number of carbonyl (C=O) groups excluding carboxylic acids is 1. The molecule has 0 aliphatic rings. The molecule has 2 aromatic heterocycles. The summed E-state index contributed by atoms with van der Waals surface area (Å²) in [5.74, 6) is 6.71. The van der Waals surface area contributed by atoms with Crippen molar-refractivity contribution < 1.29 is 13.6 Å². The summed E-state index contributed by atoms with van der Waals surface area (Å²) in [5.41, 5.74) is 3.90. The first-order valence-electron chi connectivity index (χ1n) is 10.1. The number of urea groups is 1. The van der Waals surface area contributed by atoms with E-state index in [1.165, 1.54) is 12.1 Å². The summed E-state index contributed by atoms with van der Waals surface area (Å²) in [6, 6.07) is 18.7. The summed E-state index contributed by atoms with van der Waals surface area (Å²) in [6.45, 7) is 0.450. The lowest BCUT2D eigenvalue weighted by molar-refractivity contribution is 0.252. The van der Waals surface area contributed by atoms with Gasteiger partial charge in [0.1, 0.15) is 11.6 Å². The van der Waals surface area contributed by atoms with Crippen molar-refractivity contribution in [3.63, 3.8) is 0 Å². The molecule has 2 heterocycles. The lowest BCUT2D eigenvalue weighted by Crippen LogP contribution is -2.30. The molecule has 0 aliphatic carbocycles. The van der Waals surface area contributed by atoms with Crippen LogP contribution in [0.1, 0.15) is 16.9 Å². The highest BCUT2D eigenvalue weighted by molar-refractivity contribution is 5.90. The number of nitrogens with zero attached hydrogens (tertiary/aromatic N) is 1.